The normalized spacial score (nSPS) is 15.4. The van der Waals surface area contributed by atoms with Crippen molar-refractivity contribution >= 4 is 23.8 Å². The van der Waals surface area contributed by atoms with E-state index in [0.717, 1.165) is 18.4 Å². The van der Waals surface area contributed by atoms with Crippen LogP contribution in [0, 0.1) is 0 Å². The van der Waals surface area contributed by atoms with E-state index in [4.69, 9.17) is 21.0 Å². The van der Waals surface area contributed by atoms with Crippen LogP contribution in [0.15, 0.2) is 70.7 Å². The topological polar surface area (TPSA) is 116 Å². The molecule has 0 amide bonds. The third-order valence-electron chi connectivity index (χ3n) is 4.70. The first-order valence-corrected chi connectivity index (χ1v) is 10.5. The summed E-state index contributed by atoms with van der Waals surface area (Å²) in [5, 5.41) is 1.46. The Labute approximate surface area is 188 Å². The number of carbonyl (C=O) groups is 1. The lowest BCUT2D eigenvalue weighted by Gasteiger charge is -2.36. The molecule has 0 saturated heterocycles. The summed E-state index contributed by atoms with van der Waals surface area (Å²) in [5.74, 6) is 0.904. The van der Waals surface area contributed by atoms with Crippen molar-refractivity contribution in [2.75, 3.05) is 13.2 Å². The summed E-state index contributed by atoms with van der Waals surface area (Å²) in [5.41, 5.74) is 12.4. The van der Waals surface area contributed by atoms with Crippen molar-refractivity contribution in [3.05, 3.63) is 71.8 Å². The fraction of sp³-hybridized carbons (Fsp3) is 0.292. The summed E-state index contributed by atoms with van der Waals surface area (Å²) in [7, 11) is 0. The number of nitrogens with two attached hydrogens (primary N) is 2. The minimum Gasteiger partial charge on any atom is -0.494 e. The van der Waals surface area contributed by atoms with Gasteiger partial charge in [0.15, 0.2) is 11.4 Å². The predicted octanol–water partition coefficient (Wildman–Crippen LogP) is 3.35. The van der Waals surface area contributed by atoms with E-state index in [1.54, 1.807) is 24.3 Å². The number of carbonyl (C=O) groups excluding carboxylic acids is 1. The first-order valence-electron chi connectivity index (χ1n) is 10.5. The van der Waals surface area contributed by atoms with E-state index < -0.39 is 5.66 Å². The summed E-state index contributed by atoms with van der Waals surface area (Å²) in [6.45, 7) is 4.61. The van der Waals surface area contributed by atoms with E-state index in [9.17, 15) is 4.79 Å². The largest absolute Gasteiger partial charge is 0.494 e. The Hall–Kier alpha value is -3.65. The van der Waals surface area contributed by atoms with Crippen molar-refractivity contribution in [1.29, 1.82) is 0 Å². The standard InChI is InChI=1S/C24H29N5O3/c1-24(2)28-22(25)27-23(26)29(24)32-16-7-6-15-31-20-12-8-11-19(17-20)21(30)14-13-18-9-4-3-5-10-18/h3-5,8-14,17H,6-7,15-16H2,1-2H3,(H4,25,26,27,28). The van der Waals surface area contributed by atoms with Gasteiger partial charge in [-0.15, -0.1) is 0 Å². The Morgan fingerprint density at radius 1 is 1.06 bits per heavy atom. The summed E-state index contributed by atoms with van der Waals surface area (Å²) < 4.78 is 5.80. The maximum Gasteiger partial charge on any atom is 0.226 e. The monoisotopic (exact) mass is 435 g/mol. The number of hydroxylamine groups is 2. The van der Waals surface area contributed by atoms with E-state index in [2.05, 4.69) is 9.98 Å². The molecule has 8 nitrogen and oxygen atoms in total. The van der Waals surface area contributed by atoms with Crippen LogP contribution in [0.4, 0.5) is 0 Å². The molecule has 1 aliphatic rings. The van der Waals surface area contributed by atoms with Gasteiger partial charge in [-0.05, 0) is 50.5 Å². The number of rotatable bonds is 10. The number of nitrogens with zero attached hydrogens (tertiary/aromatic N) is 3. The molecular formula is C24H29N5O3. The van der Waals surface area contributed by atoms with Crippen molar-refractivity contribution < 1.29 is 14.4 Å². The van der Waals surface area contributed by atoms with Crippen LogP contribution in [0.1, 0.15) is 42.6 Å². The number of allylic oxidation sites excluding steroid dienone is 1. The van der Waals surface area contributed by atoms with Crippen molar-refractivity contribution in [3.8, 4) is 5.75 Å². The Morgan fingerprint density at radius 2 is 1.81 bits per heavy atom. The van der Waals surface area contributed by atoms with Crippen LogP contribution >= 0.6 is 0 Å². The highest BCUT2D eigenvalue weighted by Gasteiger charge is 2.32. The zero-order valence-corrected chi connectivity index (χ0v) is 18.4. The van der Waals surface area contributed by atoms with Gasteiger partial charge in [-0.3, -0.25) is 9.63 Å². The van der Waals surface area contributed by atoms with Crippen LogP contribution in [0.3, 0.4) is 0 Å². The molecule has 8 heteroatoms. The zero-order valence-electron chi connectivity index (χ0n) is 18.4. The molecule has 0 bridgehead atoms. The maximum atomic E-state index is 12.4. The fourth-order valence-electron chi connectivity index (χ4n) is 3.14. The zero-order chi connectivity index (χ0) is 23.0. The summed E-state index contributed by atoms with van der Waals surface area (Å²) in [4.78, 5) is 26.3. The van der Waals surface area contributed by atoms with Crippen LogP contribution < -0.4 is 16.2 Å². The maximum absolute atomic E-state index is 12.4. The number of guanidine groups is 2. The van der Waals surface area contributed by atoms with Crippen molar-refractivity contribution in [1.82, 2.24) is 5.06 Å². The van der Waals surface area contributed by atoms with E-state index in [-0.39, 0.29) is 17.7 Å². The quantitative estimate of drug-likeness (QED) is 0.336. The van der Waals surface area contributed by atoms with Crippen molar-refractivity contribution in [3.63, 3.8) is 0 Å². The number of hydrogen-bond acceptors (Lipinski definition) is 8. The molecule has 168 valence electrons. The van der Waals surface area contributed by atoms with E-state index in [1.165, 1.54) is 5.06 Å². The van der Waals surface area contributed by atoms with Crippen LogP contribution in [0.2, 0.25) is 0 Å². The molecule has 0 fully saturated rings. The molecule has 1 heterocycles. The van der Waals surface area contributed by atoms with Gasteiger partial charge in [0, 0.05) is 5.56 Å². The first kappa shape index (κ1) is 23.0. The average Bonchev–Trinajstić information content (AvgIpc) is 2.76. The van der Waals surface area contributed by atoms with Gasteiger partial charge < -0.3 is 16.2 Å². The van der Waals surface area contributed by atoms with E-state index in [0.29, 0.717) is 24.5 Å². The summed E-state index contributed by atoms with van der Waals surface area (Å²) in [6.07, 6.45) is 4.89. The number of ether oxygens (including phenoxy) is 1. The van der Waals surface area contributed by atoms with E-state index in [1.807, 2.05) is 56.3 Å². The van der Waals surface area contributed by atoms with Crippen LogP contribution in [0.5, 0.6) is 5.75 Å². The van der Waals surface area contributed by atoms with Gasteiger partial charge in [-0.1, -0.05) is 48.5 Å². The Kier molecular flexibility index (Phi) is 7.62. The molecular weight excluding hydrogens is 406 g/mol. The van der Waals surface area contributed by atoms with Gasteiger partial charge in [-0.2, -0.15) is 10.1 Å². The smallest absolute Gasteiger partial charge is 0.226 e. The fourth-order valence-corrected chi connectivity index (χ4v) is 3.14. The highest BCUT2D eigenvalue weighted by Crippen LogP contribution is 2.20. The SMILES string of the molecule is CC1(C)N=C(N)N=C(N)N1OCCCCOc1cccc(C(=O)C=Cc2ccccc2)c1. The molecule has 0 aromatic heterocycles. The third kappa shape index (κ3) is 6.42. The Morgan fingerprint density at radius 3 is 2.56 bits per heavy atom. The molecule has 2 aromatic rings. The van der Waals surface area contributed by atoms with Gasteiger partial charge in [0.25, 0.3) is 0 Å². The molecule has 3 rings (SSSR count). The molecule has 1 aliphatic heterocycles. The molecule has 0 radical (unpaired) electrons. The molecule has 0 saturated carbocycles. The number of unbranched alkanes of at least 4 members (excludes halogenated alkanes) is 1. The highest BCUT2D eigenvalue weighted by molar-refractivity contribution is 6.07. The van der Waals surface area contributed by atoms with Gasteiger partial charge in [0.05, 0.1) is 13.2 Å². The van der Waals surface area contributed by atoms with Gasteiger partial charge in [-0.25, -0.2) is 4.99 Å². The highest BCUT2D eigenvalue weighted by atomic mass is 16.7. The minimum absolute atomic E-state index is 0.0700. The van der Waals surface area contributed by atoms with Crippen molar-refractivity contribution in [2.45, 2.75) is 32.4 Å². The predicted molar refractivity (Wildman–Crippen MR) is 126 cm³/mol. The lowest BCUT2D eigenvalue weighted by molar-refractivity contribution is -0.157. The minimum atomic E-state index is -0.714. The van der Waals surface area contributed by atoms with Gasteiger partial charge in [0.1, 0.15) is 5.75 Å². The second-order valence-electron chi connectivity index (χ2n) is 7.75. The lowest BCUT2D eigenvalue weighted by atomic mass is 10.1. The molecule has 0 aliphatic carbocycles. The Bertz CT molecular complexity index is 1020. The summed E-state index contributed by atoms with van der Waals surface area (Å²) in [6, 6.07) is 16.9. The molecule has 32 heavy (non-hydrogen) atoms. The number of hydrogen-bond donors (Lipinski definition) is 2. The van der Waals surface area contributed by atoms with Crippen LogP contribution in [-0.4, -0.2) is 41.6 Å². The van der Waals surface area contributed by atoms with Gasteiger partial charge >= 0.3 is 0 Å². The molecule has 2 aromatic carbocycles. The number of aliphatic imine (C=N–C) groups is 2. The number of benzene rings is 2. The van der Waals surface area contributed by atoms with E-state index >= 15 is 0 Å². The van der Waals surface area contributed by atoms with Crippen LogP contribution in [-0.2, 0) is 4.84 Å². The average molecular weight is 436 g/mol. The van der Waals surface area contributed by atoms with Crippen LogP contribution in [0.25, 0.3) is 6.08 Å². The number of ketones is 1. The third-order valence-corrected chi connectivity index (χ3v) is 4.70. The first-order chi connectivity index (χ1) is 15.3. The molecule has 0 spiro atoms. The second kappa shape index (κ2) is 10.6. The lowest BCUT2D eigenvalue weighted by Crippen LogP contribution is -2.53. The Balaban J connectivity index is 1.42. The molecule has 0 unspecified atom stereocenters. The molecule has 4 N–H and O–H groups in total. The van der Waals surface area contributed by atoms with Gasteiger partial charge in [0.2, 0.25) is 11.9 Å². The summed E-state index contributed by atoms with van der Waals surface area (Å²) >= 11 is 0. The van der Waals surface area contributed by atoms with Crippen molar-refractivity contribution in [2.24, 2.45) is 21.5 Å². The molecule has 0 atom stereocenters. The second-order valence-corrected chi connectivity index (χ2v) is 7.75.